The molecule has 0 amide bonds. The van der Waals surface area contributed by atoms with E-state index in [2.05, 4.69) is 72.4 Å². The second-order valence-electron chi connectivity index (χ2n) is 9.17. The highest BCUT2D eigenvalue weighted by Gasteiger charge is 2.37. The van der Waals surface area contributed by atoms with E-state index in [-0.39, 0.29) is 12.7 Å². The Morgan fingerprint density at radius 2 is 1.60 bits per heavy atom. The zero-order chi connectivity index (χ0) is 18.7. The van der Waals surface area contributed by atoms with Crippen molar-refractivity contribution in [1.82, 2.24) is 9.80 Å². The Bertz CT molecular complexity index is 430. The summed E-state index contributed by atoms with van der Waals surface area (Å²) in [5.41, 5.74) is 3.28. The molecule has 3 heteroatoms. The number of hydrogen-bond acceptors (Lipinski definition) is 2. The van der Waals surface area contributed by atoms with Crippen molar-refractivity contribution in [2.24, 2.45) is 23.7 Å². The SMILES string of the molecule is C.CC1=C(C(C)C)C(C)CN(C)C1.[B]C1(C(C)C)CCN(C)CC1C. The summed E-state index contributed by atoms with van der Waals surface area (Å²) >= 11 is 0. The van der Waals surface area contributed by atoms with E-state index >= 15 is 0 Å². The summed E-state index contributed by atoms with van der Waals surface area (Å²) in [6.45, 7) is 20.7. The third kappa shape index (κ3) is 6.43. The first-order valence-corrected chi connectivity index (χ1v) is 9.84. The van der Waals surface area contributed by atoms with Crippen molar-refractivity contribution in [3.63, 3.8) is 0 Å². The lowest BCUT2D eigenvalue weighted by Crippen LogP contribution is -2.43. The van der Waals surface area contributed by atoms with E-state index in [1.807, 2.05) is 0 Å². The molecule has 0 saturated carbocycles. The Labute approximate surface area is 160 Å². The van der Waals surface area contributed by atoms with Crippen LogP contribution in [0.5, 0.6) is 0 Å². The van der Waals surface area contributed by atoms with E-state index < -0.39 is 0 Å². The Hall–Kier alpha value is -0.275. The number of nitrogens with zero attached hydrogens (tertiary/aromatic N) is 2. The minimum absolute atomic E-state index is 0. The number of rotatable bonds is 2. The third-order valence-corrected chi connectivity index (χ3v) is 6.24. The third-order valence-electron chi connectivity index (χ3n) is 6.24. The number of likely N-dealkylation sites (tertiary alicyclic amines) is 1. The van der Waals surface area contributed by atoms with Crippen LogP contribution in [0.3, 0.4) is 0 Å². The van der Waals surface area contributed by atoms with Gasteiger partial charge in [-0.1, -0.05) is 65.4 Å². The molecular formula is C22H45BN2. The Morgan fingerprint density at radius 1 is 1.04 bits per heavy atom. The average Bonchev–Trinajstić information content (AvgIpc) is 2.42. The molecule has 3 atom stereocenters. The summed E-state index contributed by atoms with van der Waals surface area (Å²) in [6, 6.07) is 0. The molecule has 2 aliphatic heterocycles. The molecule has 1 fully saturated rings. The van der Waals surface area contributed by atoms with Gasteiger partial charge in [0.25, 0.3) is 0 Å². The topological polar surface area (TPSA) is 6.48 Å². The lowest BCUT2D eigenvalue weighted by Gasteiger charge is -2.47. The van der Waals surface area contributed by atoms with E-state index in [4.69, 9.17) is 7.85 Å². The van der Waals surface area contributed by atoms with Crippen LogP contribution in [-0.2, 0) is 0 Å². The highest BCUT2D eigenvalue weighted by molar-refractivity contribution is 6.15. The molecule has 2 heterocycles. The molecular weight excluding hydrogens is 303 g/mol. The first-order valence-electron chi connectivity index (χ1n) is 9.84. The molecule has 0 aromatic rings. The summed E-state index contributed by atoms with van der Waals surface area (Å²) in [6.07, 6.45) is 1.14. The minimum Gasteiger partial charge on any atom is -0.306 e. The Kier molecular flexibility index (Phi) is 10.0. The fourth-order valence-corrected chi connectivity index (χ4v) is 4.83. The molecule has 0 aliphatic carbocycles. The van der Waals surface area contributed by atoms with Gasteiger partial charge in [0, 0.05) is 19.6 Å². The first-order chi connectivity index (χ1) is 11.0. The van der Waals surface area contributed by atoms with Crippen LogP contribution in [0.2, 0.25) is 5.31 Å². The number of piperidine rings is 1. The van der Waals surface area contributed by atoms with Gasteiger partial charge in [-0.3, -0.25) is 0 Å². The number of hydrogen-bond donors (Lipinski definition) is 0. The summed E-state index contributed by atoms with van der Waals surface area (Å²) in [5, 5.41) is 0.0759. The van der Waals surface area contributed by atoms with Crippen molar-refractivity contribution in [3.8, 4) is 0 Å². The Balaban J connectivity index is 0.000000443. The molecule has 0 N–H and O–H groups in total. The zero-order valence-corrected chi connectivity index (χ0v) is 17.8. The van der Waals surface area contributed by atoms with E-state index in [1.165, 1.54) is 6.54 Å². The average molecular weight is 348 g/mol. The molecule has 0 aromatic heterocycles. The normalized spacial score (nSPS) is 31.6. The fourth-order valence-electron chi connectivity index (χ4n) is 4.83. The maximum atomic E-state index is 6.38. The Morgan fingerprint density at radius 3 is 2.00 bits per heavy atom. The first kappa shape index (κ1) is 24.7. The van der Waals surface area contributed by atoms with Crippen molar-refractivity contribution >= 4 is 7.85 Å². The maximum Gasteiger partial charge on any atom is 0.0754 e. The summed E-state index contributed by atoms with van der Waals surface area (Å²) in [5.74, 6) is 2.70. The van der Waals surface area contributed by atoms with Gasteiger partial charge in [-0.15, -0.1) is 0 Å². The van der Waals surface area contributed by atoms with E-state index in [9.17, 15) is 0 Å². The molecule has 3 unspecified atom stereocenters. The van der Waals surface area contributed by atoms with Gasteiger partial charge in [0.15, 0.2) is 0 Å². The maximum absolute atomic E-state index is 6.38. The molecule has 2 rings (SSSR count). The summed E-state index contributed by atoms with van der Waals surface area (Å²) in [4.78, 5) is 4.78. The van der Waals surface area contributed by atoms with Crippen molar-refractivity contribution in [2.45, 2.75) is 67.6 Å². The summed E-state index contributed by atoms with van der Waals surface area (Å²) in [7, 11) is 10.8. The predicted molar refractivity (Wildman–Crippen MR) is 115 cm³/mol. The van der Waals surface area contributed by atoms with Crippen LogP contribution in [0, 0.1) is 23.7 Å². The lowest BCUT2D eigenvalue weighted by atomic mass is 9.52. The van der Waals surface area contributed by atoms with Crippen LogP contribution < -0.4 is 0 Å². The van der Waals surface area contributed by atoms with Crippen LogP contribution in [0.4, 0.5) is 0 Å². The fraction of sp³-hybridized carbons (Fsp3) is 0.909. The van der Waals surface area contributed by atoms with Gasteiger partial charge in [-0.2, -0.15) is 0 Å². The van der Waals surface area contributed by atoms with Gasteiger partial charge in [0.05, 0.1) is 7.85 Å². The molecule has 0 aromatic carbocycles. The molecule has 0 spiro atoms. The standard InChI is InChI=1S/C11H21N.C10H20BN.CH4/c1-8(2)11-9(3)6-12(5)7-10(11)4;1-8(2)10(11)5-6-12(4)7-9(10)3;/h8-9H,6-7H2,1-5H3;8-9H,5-7H2,1-4H3;1H4. The van der Waals surface area contributed by atoms with Crippen LogP contribution >= 0.6 is 0 Å². The van der Waals surface area contributed by atoms with E-state index in [0.29, 0.717) is 11.8 Å². The largest absolute Gasteiger partial charge is 0.306 e. The molecule has 0 bridgehead atoms. The lowest BCUT2D eigenvalue weighted by molar-refractivity contribution is 0.136. The molecule has 2 radical (unpaired) electrons. The predicted octanol–water partition coefficient (Wildman–Crippen LogP) is 5.12. The van der Waals surface area contributed by atoms with Crippen LogP contribution in [0.25, 0.3) is 0 Å². The highest BCUT2D eigenvalue weighted by Crippen LogP contribution is 2.46. The smallest absolute Gasteiger partial charge is 0.0754 e. The monoisotopic (exact) mass is 348 g/mol. The summed E-state index contributed by atoms with van der Waals surface area (Å²) < 4.78 is 0. The van der Waals surface area contributed by atoms with E-state index in [0.717, 1.165) is 37.9 Å². The molecule has 2 nitrogen and oxygen atoms in total. The molecule has 25 heavy (non-hydrogen) atoms. The molecule has 1 saturated heterocycles. The quantitative estimate of drug-likeness (QED) is 0.505. The van der Waals surface area contributed by atoms with Crippen LogP contribution in [-0.4, -0.2) is 57.9 Å². The van der Waals surface area contributed by atoms with Crippen molar-refractivity contribution in [3.05, 3.63) is 11.1 Å². The van der Waals surface area contributed by atoms with Crippen molar-refractivity contribution in [1.29, 1.82) is 0 Å². The second-order valence-corrected chi connectivity index (χ2v) is 9.17. The van der Waals surface area contributed by atoms with Gasteiger partial charge >= 0.3 is 0 Å². The van der Waals surface area contributed by atoms with Gasteiger partial charge in [-0.05, 0) is 57.7 Å². The van der Waals surface area contributed by atoms with Gasteiger partial charge < -0.3 is 9.80 Å². The van der Waals surface area contributed by atoms with Gasteiger partial charge in [0.2, 0.25) is 0 Å². The van der Waals surface area contributed by atoms with Gasteiger partial charge in [0.1, 0.15) is 0 Å². The zero-order valence-electron chi connectivity index (χ0n) is 17.8. The highest BCUT2D eigenvalue weighted by atomic mass is 15.1. The van der Waals surface area contributed by atoms with Crippen molar-refractivity contribution < 1.29 is 0 Å². The van der Waals surface area contributed by atoms with Crippen LogP contribution in [0.1, 0.15) is 62.3 Å². The van der Waals surface area contributed by atoms with Crippen molar-refractivity contribution in [2.75, 3.05) is 40.3 Å². The molecule has 2 aliphatic rings. The number of likely N-dealkylation sites (N-methyl/N-ethyl adjacent to an activating group) is 1. The van der Waals surface area contributed by atoms with Gasteiger partial charge in [-0.25, -0.2) is 0 Å². The second kappa shape index (κ2) is 10.2. The van der Waals surface area contributed by atoms with Crippen LogP contribution in [0.15, 0.2) is 11.1 Å². The molecule has 146 valence electrons. The van der Waals surface area contributed by atoms with E-state index in [1.54, 1.807) is 11.1 Å². The minimum atomic E-state index is 0.